The lowest BCUT2D eigenvalue weighted by atomic mass is 10.0. The van der Waals surface area contributed by atoms with Gasteiger partial charge in [0.2, 0.25) is 0 Å². The largest absolute Gasteiger partial charge is 0.454 e. The van der Waals surface area contributed by atoms with Crippen molar-refractivity contribution in [2.24, 2.45) is 5.92 Å². The van der Waals surface area contributed by atoms with Crippen molar-refractivity contribution >= 4 is 17.5 Å². The Hall–Kier alpha value is -2.82. The molecule has 1 N–H and O–H groups in total. The van der Waals surface area contributed by atoms with E-state index in [-0.39, 0.29) is 17.0 Å². The van der Waals surface area contributed by atoms with Crippen molar-refractivity contribution in [1.82, 2.24) is 0 Å². The van der Waals surface area contributed by atoms with E-state index in [0.717, 1.165) is 12.1 Å². The van der Waals surface area contributed by atoms with E-state index in [2.05, 4.69) is 4.74 Å². The van der Waals surface area contributed by atoms with Crippen LogP contribution in [0, 0.1) is 22.7 Å². The van der Waals surface area contributed by atoms with E-state index in [0.29, 0.717) is 0 Å². The van der Waals surface area contributed by atoms with Crippen molar-refractivity contribution in [2.45, 2.75) is 13.5 Å². The molecular weight excluding hydrogens is 298 g/mol. The van der Waals surface area contributed by atoms with E-state index in [9.17, 15) is 18.4 Å². The van der Waals surface area contributed by atoms with Gasteiger partial charge < -0.3 is 14.9 Å². The van der Waals surface area contributed by atoms with E-state index in [1.807, 2.05) is 0 Å². The van der Waals surface area contributed by atoms with Crippen molar-refractivity contribution in [3.8, 4) is 11.8 Å². The lowest BCUT2D eigenvalue weighted by molar-refractivity contribution is -0.122. The summed E-state index contributed by atoms with van der Waals surface area (Å²) in [6, 6.07) is 6.36. The normalized spacial score (nSPS) is 11.4. The highest BCUT2D eigenvalue weighted by molar-refractivity contribution is 6.06. The van der Waals surface area contributed by atoms with Crippen LogP contribution < -0.4 is 4.74 Å². The highest BCUT2D eigenvalue weighted by atomic mass is 19.3. The molecule has 1 atom stereocenters. The molecule has 8 heteroatoms. The Labute approximate surface area is 124 Å². The van der Waals surface area contributed by atoms with Gasteiger partial charge >= 0.3 is 12.6 Å². The second kappa shape index (κ2) is 7.83. The average molecular weight is 310 g/mol. The summed E-state index contributed by atoms with van der Waals surface area (Å²) in [5.74, 6) is -2.93. The predicted molar refractivity (Wildman–Crippen MR) is 70.9 cm³/mol. The zero-order chi connectivity index (χ0) is 16.7. The van der Waals surface area contributed by atoms with E-state index in [1.54, 1.807) is 6.07 Å². The molecule has 0 aliphatic rings. The number of ether oxygens (including phenoxy) is 2. The van der Waals surface area contributed by atoms with Gasteiger partial charge in [-0.3, -0.25) is 4.79 Å². The number of nitriles is 1. The minimum absolute atomic E-state index is 0.0366. The van der Waals surface area contributed by atoms with Crippen LogP contribution in [0.1, 0.15) is 17.3 Å². The quantitative estimate of drug-likeness (QED) is 0.614. The molecule has 1 aromatic rings. The van der Waals surface area contributed by atoms with E-state index in [1.165, 1.54) is 19.1 Å². The smallest absolute Gasteiger partial charge is 0.387 e. The van der Waals surface area contributed by atoms with E-state index in [4.69, 9.17) is 15.4 Å². The van der Waals surface area contributed by atoms with Crippen molar-refractivity contribution in [1.29, 1.82) is 10.7 Å². The SMILES string of the molecule is CC(=N)C(C#N)C(=O)COC(=O)c1ccc(OC(F)F)cc1. The molecule has 0 aliphatic heterocycles. The maximum atomic E-state index is 12.0. The van der Waals surface area contributed by atoms with Crippen LogP contribution in [0.15, 0.2) is 24.3 Å². The molecule has 0 fully saturated rings. The van der Waals surface area contributed by atoms with Gasteiger partial charge in [-0.15, -0.1) is 0 Å². The number of carbonyl (C=O) groups excluding carboxylic acids is 2. The number of rotatable bonds is 7. The highest BCUT2D eigenvalue weighted by Gasteiger charge is 2.21. The van der Waals surface area contributed by atoms with Crippen LogP contribution in [0.3, 0.4) is 0 Å². The van der Waals surface area contributed by atoms with E-state index >= 15 is 0 Å². The number of benzene rings is 1. The molecule has 22 heavy (non-hydrogen) atoms. The average Bonchev–Trinajstić information content (AvgIpc) is 2.45. The van der Waals surface area contributed by atoms with Crippen molar-refractivity contribution in [3.05, 3.63) is 29.8 Å². The Morgan fingerprint density at radius 1 is 1.32 bits per heavy atom. The first-order valence-electron chi connectivity index (χ1n) is 6.04. The fourth-order valence-electron chi connectivity index (χ4n) is 1.49. The minimum atomic E-state index is -2.97. The second-order valence-electron chi connectivity index (χ2n) is 4.19. The number of alkyl halides is 2. The van der Waals surface area contributed by atoms with Gasteiger partial charge in [-0.25, -0.2) is 4.79 Å². The minimum Gasteiger partial charge on any atom is -0.454 e. The monoisotopic (exact) mass is 310 g/mol. The first-order valence-corrected chi connectivity index (χ1v) is 6.04. The van der Waals surface area contributed by atoms with Gasteiger partial charge in [0.25, 0.3) is 0 Å². The number of nitrogens with one attached hydrogen (secondary N) is 1. The van der Waals surface area contributed by atoms with Gasteiger partial charge in [0.05, 0.1) is 11.6 Å². The number of hydrogen-bond donors (Lipinski definition) is 1. The molecule has 0 saturated heterocycles. The molecule has 0 bridgehead atoms. The summed E-state index contributed by atoms with van der Waals surface area (Å²) in [5.41, 5.74) is -0.105. The number of carbonyl (C=O) groups is 2. The molecule has 116 valence electrons. The standard InChI is InChI=1S/C14H12F2N2O4/c1-8(18)11(6-17)12(19)7-21-13(20)9-2-4-10(5-3-9)22-14(15)16/h2-5,11,14,18H,7H2,1H3. The molecule has 0 aliphatic carbocycles. The maximum Gasteiger partial charge on any atom is 0.387 e. The zero-order valence-electron chi connectivity index (χ0n) is 11.5. The van der Waals surface area contributed by atoms with Crippen LogP contribution in [-0.4, -0.2) is 30.7 Å². The molecule has 6 nitrogen and oxygen atoms in total. The van der Waals surface area contributed by atoms with Gasteiger partial charge in [-0.05, 0) is 31.2 Å². The molecule has 0 saturated carbocycles. The summed E-state index contributed by atoms with van der Waals surface area (Å²) in [4.78, 5) is 23.2. The number of halogens is 2. The third-order valence-corrected chi connectivity index (χ3v) is 2.54. The maximum absolute atomic E-state index is 12.0. The Morgan fingerprint density at radius 3 is 2.36 bits per heavy atom. The van der Waals surface area contributed by atoms with Crippen molar-refractivity contribution in [3.63, 3.8) is 0 Å². The van der Waals surface area contributed by atoms with Gasteiger partial charge in [0.15, 0.2) is 12.4 Å². The first-order chi connectivity index (χ1) is 10.3. The van der Waals surface area contributed by atoms with Gasteiger partial charge in [0, 0.05) is 5.71 Å². The van der Waals surface area contributed by atoms with Crippen molar-refractivity contribution < 1.29 is 27.8 Å². The van der Waals surface area contributed by atoms with Crippen LogP contribution in [0.2, 0.25) is 0 Å². The molecule has 0 spiro atoms. The summed E-state index contributed by atoms with van der Waals surface area (Å²) in [6.07, 6.45) is 0. The van der Waals surface area contributed by atoms with E-state index < -0.39 is 30.9 Å². The number of esters is 1. The van der Waals surface area contributed by atoms with Gasteiger partial charge in [-0.2, -0.15) is 14.0 Å². The molecule has 0 heterocycles. The highest BCUT2D eigenvalue weighted by Crippen LogP contribution is 2.15. The molecule has 1 aromatic carbocycles. The fourth-order valence-corrected chi connectivity index (χ4v) is 1.49. The first kappa shape index (κ1) is 17.2. The summed E-state index contributed by atoms with van der Waals surface area (Å²) in [7, 11) is 0. The molecule has 1 unspecified atom stereocenters. The third kappa shape index (κ3) is 4.94. The van der Waals surface area contributed by atoms with Crippen molar-refractivity contribution in [2.75, 3.05) is 6.61 Å². The lowest BCUT2D eigenvalue weighted by Crippen LogP contribution is -2.25. The number of nitrogens with zero attached hydrogens (tertiary/aromatic N) is 1. The van der Waals surface area contributed by atoms with Crippen LogP contribution in [0.5, 0.6) is 5.75 Å². The topological polar surface area (TPSA) is 100 Å². The summed E-state index contributed by atoms with van der Waals surface area (Å²) in [6.45, 7) is -2.32. The van der Waals surface area contributed by atoms with Crippen LogP contribution in [0.4, 0.5) is 8.78 Å². The molecule has 0 radical (unpaired) electrons. The molecule has 0 aromatic heterocycles. The second-order valence-corrected chi connectivity index (χ2v) is 4.19. The van der Waals surface area contributed by atoms with Crippen LogP contribution in [-0.2, 0) is 9.53 Å². The Kier molecular flexibility index (Phi) is 6.13. The molecule has 1 rings (SSSR count). The molecular formula is C14H12F2N2O4. The number of hydrogen-bond acceptors (Lipinski definition) is 6. The number of Topliss-reactive ketones (excluding diaryl/α,β-unsaturated/α-hetero) is 1. The Bertz CT molecular complexity index is 608. The summed E-state index contributed by atoms with van der Waals surface area (Å²) < 4.78 is 32.8. The Balaban J connectivity index is 2.61. The summed E-state index contributed by atoms with van der Waals surface area (Å²) >= 11 is 0. The number of ketones is 1. The predicted octanol–water partition coefficient (Wildman–Crippen LogP) is 2.19. The Morgan fingerprint density at radius 2 is 1.91 bits per heavy atom. The van der Waals surface area contributed by atoms with Crippen LogP contribution in [0.25, 0.3) is 0 Å². The molecule has 0 amide bonds. The lowest BCUT2D eigenvalue weighted by Gasteiger charge is -2.08. The fraction of sp³-hybridized carbons (Fsp3) is 0.286. The van der Waals surface area contributed by atoms with Gasteiger partial charge in [-0.1, -0.05) is 0 Å². The van der Waals surface area contributed by atoms with Crippen LogP contribution >= 0.6 is 0 Å². The van der Waals surface area contributed by atoms with Gasteiger partial charge in [0.1, 0.15) is 11.7 Å². The summed E-state index contributed by atoms with van der Waals surface area (Å²) in [5, 5.41) is 16.0. The zero-order valence-corrected chi connectivity index (χ0v) is 11.5. The third-order valence-electron chi connectivity index (χ3n) is 2.54.